The number of amides is 1. The highest BCUT2D eigenvalue weighted by molar-refractivity contribution is 6.42. The van der Waals surface area contributed by atoms with E-state index in [1.165, 1.54) is 0 Å². The number of hydrogen-bond acceptors (Lipinski definition) is 2. The van der Waals surface area contributed by atoms with Crippen molar-refractivity contribution < 1.29 is 4.79 Å². The molecule has 1 aromatic rings. The van der Waals surface area contributed by atoms with E-state index in [1.54, 1.807) is 6.07 Å². The molecule has 0 saturated carbocycles. The quantitative estimate of drug-likeness (QED) is 0.791. The van der Waals surface area contributed by atoms with E-state index in [-0.39, 0.29) is 17.9 Å². The van der Waals surface area contributed by atoms with Crippen molar-refractivity contribution in [2.45, 2.75) is 26.8 Å². The summed E-state index contributed by atoms with van der Waals surface area (Å²) in [6.07, 6.45) is 0. The fraction of sp³-hybridized carbons (Fsp3) is 0.500. The summed E-state index contributed by atoms with van der Waals surface area (Å²) in [6, 6.07) is 5.67. The van der Waals surface area contributed by atoms with Crippen LogP contribution in [0, 0.1) is 5.92 Å². The minimum Gasteiger partial charge on any atom is -0.355 e. The molecule has 0 fully saturated rings. The molecular weight excluding hydrogens is 283 g/mol. The molecule has 0 aliphatic heterocycles. The Labute approximate surface area is 124 Å². The molecule has 1 rings (SSSR count). The van der Waals surface area contributed by atoms with Crippen LogP contribution >= 0.6 is 23.2 Å². The summed E-state index contributed by atoms with van der Waals surface area (Å²) in [5.41, 5.74) is 0.962. The van der Waals surface area contributed by atoms with E-state index in [2.05, 4.69) is 10.6 Å². The molecular formula is C14H20Cl2N2O. The molecule has 5 heteroatoms. The van der Waals surface area contributed by atoms with Crippen LogP contribution < -0.4 is 10.6 Å². The van der Waals surface area contributed by atoms with E-state index < -0.39 is 0 Å². The van der Waals surface area contributed by atoms with Crippen LogP contribution in [0.15, 0.2) is 18.2 Å². The number of halogens is 2. The van der Waals surface area contributed by atoms with Gasteiger partial charge in [0.1, 0.15) is 0 Å². The Morgan fingerprint density at radius 2 is 1.89 bits per heavy atom. The van der Waals surface area contributed by atoms with Gasteiger partial charge >= 0.3 is 0 Å². The highest BCUT2D eigenvalue weighted by atomic mass is 35.5. The van der Waals surface area contributed by atoms with Gasteiger partial charge in [-0.3, -0.25) is 4.79 Å². The third kappa shape index (κ3) is 5.01. The number of carbonyl (C=O) groups excluding carboxylic acids is 1. The maximum Gasteiger partial charge on any atom is 0.222 e. The molecule has 0 radical (unpaired) electrons. The highest BCUT2D eigenvalue weighted by Gasteiger charge is 2.11. The molecule has 1 aromatic carbocycles. The van der Waals surface area contributed by atoms with Gasteiger partial charge in [0.15, 0.2) is 0 Å². The fourth-order valence-corrected chi connectivity index (χ4v) is 2.11. The Hall–Kier alpha value is -0.770. The van der Waals surface area contributed by atoms with Gasteiger partial charge in [-0.05, 0) is 18.6 Å². The van der Waals surface area contributed by atoms with Gasteiger partial charge in [-0.1, -0.05) is 49.2 Å². The Morgan fingerprint density at radius 1 is 1.21 bits per heavy atom. The molecule has 1 amide bonds. The Bertz CT molecular complexity index is 435. The topological polar surface area (TPSA) is 41.1 Å². The maximum atomic E-state index is 11.4. The van der Waals surface area contributed by atoms with E-state index in [1.807, 2.05) is 32.9 Å². The first-order chi connectivity index (χ1) is 8.93. The summed E-state index contributed by atoms with van der Waals surface area (Å²) >= 11 is 12.1. The van der Waals surface area contributed by atoms with Crippen LogP contribution in [-0.4, -0.2) is 19.0 Å². The van der Waals surface area contributed by atoms with Gasteiger partial charge in [-0.2, -0.15) is 0 Å². The van der Waals surface area contributed by atoms with Gasteiger partial charge < -0.3 is 10.6 Å². The minimum absolute atomic E-state index is 0.0137. The number of nitrogens with one attached hydrogen (secondary N) is 2. The summed E-state index contributed by atoms with van der Waals surface area (Å²) in [7, 11) is 0. The first kappa shape index (κ1) is 16.3. The van der Waals surface area contributed by atoms with Gasteiger partial charge in [0.25, 0.3) is 0 Å². The lowest BCUT2D eigenvalue weighted by atomic mass is 10.1. The van der Waals surface area contributed by atoms with Gasteiger partial charge in [0.05, 0.1) is 10.0 Å². The molecule has 0 heterocycles. The predicted octanol–water partition coefficient (Wildman–Crippen LogP) is 3.42. The second kappa shape index (κ2) is 7.73. The normalized spacial score (nSPS) is 12.5. The second-order valence-electron chi connectivity index (χ2n) is 4.76. The smallest absolute Gasteiger partial charge is 0.222 e. The van der Waals surface area contributed by atoms with Crippen LogP contribution in [0.3, 0.4) is 0 Å². The first-order valence-electron chi connectivity index (χ1n) is 6.38. The lowest BCUT2D eigenvalue weighted by molar-refractivity contribution is -0.123. The van der Waals surface area contributed by atoms with Crippen LogP contribution in [0.1, 0.15) is 32.4 Å². The summed E-state index contributed by atoms with van der Waals surface area (Å²) in [5.74, 6) is 0.0787. The summed E-state index contributed by atoms with van der Waals surface area (Å²) < 4.78 is 0. The lowest BCUT2D eigenvalue weighted by Crippen LogP contribution is -2.35. The largest absolute Gasteiger partial charge is 0.355 e. The molecule has 106 valence electrons. The molecule has 0 saturated heterocycles. The maximum absolute atomic E-state index is 11.4. The monoisotopic (exact) mass is 302 g/mol. The third-order valence-electron chi connectivity index (χ3n) is 2.85. The third-order valence-corrected chi connectivity index (χ3v) is 3.68. The number of benzene rings is 1. The van der Waals surface area contributed by atoms with Crippen molar-refractivity contribution >= 4 is 29.1 Å². The molecule has 1 atom stereocenters. The number of rotatable bonds is 6. The van der Waals surface area contributed by atoms with E-state index >= 15 is 0 Å². The van der Waals surface area contributed by atoms with E-state index in [0.29, 0.717) is 23.1 Å². The van der Waals surface area contributed by atoms with E-state index in [9.17, 15) is 4.79 Å². The average molecular weight is 303 g/mol. The van der Waals surface area contributed by atoms with Gasteiger partial charge in [-0.25, -0.2) is 0 Å². The number of hydrogen-bond donors (Lipinski definition) is 2. The Balaban J connectivity index is 2.41. The molecule has 0 aromatic heterocycles. The molecule has 0 bridgehead atoms. The van der Waals surface area contributed by atoms with E-state index in [4.69, 9.17) is 23.2 Å². The van der Waals surface area contributed by atoms with Crippen molar-refractivity contribution in [3.05, 3.63) is 33.8 Å². The zero-order valence-electron chi connectivity index (χ0n) is 11.5. The molecule has 0 aliphatic carbocycles. The van der Waals surface area contributed by atoms with Crippen molar-refractivity contribution in [2.75, 3.05) is 13.1 Å². The zero-order valence-corrected chi connectivity index (χ0v) is 13.0. The SMILES string of the molecule is CC(C)C(=O)NCCNC(C)c1cccc(Cl)c1Cl. The number of carbonyl (C=O) groups is 1. The van der Waals surface area contributed by atoms with Gasteiger partial charge in [0, 0.05) is 25.0 Å². The summed E-state index contributed by atoms with van der Waals surface area (Å²) in [4.78, 5) is 11.4. The average Bonchev–Trinajstić information content (AvgIpc) is 2.37. The Morgan fingerprint density at radius 3 is 2.53 bits per heavy atom. The zero-order chi connectivity index (χ0) is 14.4. The van der Waals surface area contributed by atoms with Crippen molar-refractivity contribution in [1.82, 2.24) is 10.6 Å². The standard InChI is InChI=1S/C14H20Cl2N2O/c1-9(2)14(19)18-8-7-17-10(3)11-5-4-6-12(15)13(11)16/h4-6,9-10,17H,7-8H2,1-3H3,(H,18,19). The van der Waals surface area contributed by atoms with Crippen molar-refractivity contribution in [3.8, 4) is 0 Å². The van der Waals surface area contributed by atoms with Crippen molar-refractivity contribution in [2.24, 2.45) is 5.92 Å². The van der Waals surface area contributed by atoms with Crippen LogP contribution in [-0.2, 0) is 4.79 Å². The highest BCUT2D eigenvalue weighted by Crippen LogP contribution is 2.29. The molecule has 2 N–H and O–H groups in total. The summed E-state index contributed by atoms with van der Waals surface area (Å²) in [5, 5.41) is 7.29. The predicted molar refractivity (Wildman–Crippen MR) is 80.7 cm³/mol. The molecule has 1 unspecified atom stereocenters. The van der Waals surface area contributed by atoms with Crippen molar-refractivity contribution in [3.63, 3.8) is 0 Å². The van der Waals surface area contributed by atoms with Gasteiger partial charge in [-0.15, -0.1) is 0 Å². The van der Waals surface area contributed by atoms with Crippen molar-refractivity contribution in [1.29, 1.82) is 0 Å². The van der Waals surface area contributed by atoms with Crippen LogP contribution in [0.5, 0.6) is 0 Å². The van der Waals surface area contributed by atoms with E-state index in [0.717, 1.165) is 5.56 Å². The van der Waals surface area contributed by atoms with Crippen LogP contribution in [0.2, 0.25) is 10.0 Å². The molecule has 0 aliphatic rings. The molecule has 0 spiro atoms. The molecule has 19 heavy (non-hydrogen) atoms. The first-order valence-corrected chi connectivity index (χ1v) is 7.14. The Kier molecular flexibility index (Phi) is 6.63. The van der Waals surface area contributed by atoms with Crippen LogP contribution in [0.25, 0.3) is 0 Å². The van der Waals surface area contributed by atoms with Gasteiger partial charge in [0.2, 0.25) is 5.91 Å². The lowest BCUT2D eigenvalue weighted by Gasteiger charge is -2.16. The molecule has 3 nitrogen and oxygen atoms in total. The van der Waals surface area contributed by atoms with Crippen LogP contribution in [0.4, 0.5) is 0 Å². The second-order valence-corrected chi connectivity index (χ2v) is 5.55. The summed E-state index contributed by atoms with van der Waals surface area (Å²) in [6.45, 7) is 7.04. The minimum atomic E-state index is 0.0137. The fourth-order valence-electron chi connectivity index (χ4n) is 1.64.